The van der Waals surface area contributed by atoms with E-state index in [4.69, 9.17) is 28.5 Å². The highest BCUT2D eigenvalue weighted by Gasteiger charge is 2.52. The van der Waals surface area contributed by atoms with E-state index in [1.807, 2.05) is 33.9 Å². The minimum absolute atomic E-state index is 0.242. The van der Waals surface area contributed by atoms with Gasteiger partial charge in [0.05, 0.1) is 22.3 Å². The highest BCUT2D eigenvalue weighted by atomic mass is 35.5. The average Bonchev–Trinajstić information content (AvgIpc) is 2.62. The molecule has 1 atom stereocenters. The van der Waals surface area contributed by atoms with Crippen molar-refractivity contribution >= 4 is 34.8 Å². The molecule has 1 aromatic carbocycles. The fourth-order valence-corrected chi connectivity index (χ4v) is 3.40. The van der Waals surface area contributed by atoms with Crippen molar-refractivity contribution in [2.75, 3.05) is 5.32 Å². The number of nitrogens with one attached hydrogen (secondary N) is 2. The molecule has 1 fully saturated rings. The highest BCUT2D eigenvalue weighted by molar-refractivity contribution is 6.36. The smallest absolute Gasteiger partial charge is 0.209 e. The van der Waals surface area contributed by atoms with E-state index in [0.717, 1.165) is 5.06 Å². The van der Waals surface area contributed by atoms with Crippen LogP contribution in [0, 0.1) is 11.5 Å². The molecule has 1 heterocycles. The average molecular weight is 369 g/mol. The van der Waals surface area contributed by atoms with E-state index in [0.29, 0.717) is 22.2 Å². The topological polar surface area (TPSA) is 83.3 Å². The number of halogens is 2. The summed E-state index contributed by atoms with van der Waals surface area (Å²) in [6.45, 7) is 7.47. The molecule has 0 amide bonds. The van der Waals surface area contributed by atoms with Crippen molar-refractivity contribution in [2.45, 2.75) is 51.2 Å². The fraction of sp³-hybridized carbons (Fsp3) is 0.500. The Balaban J connectivity index is 2.30. The molecule has 1 aliphatic heterocycles. The number of hydrogen-bond donors (Lipinski definition) is 2. The number of hydroxylamine groups is 2. The Morgan fingerprint density at radius 3 is 2.54 bits per heavy atom. The van der Waals surface area contributed by atoms with E-state index >= 15 is 0 Å². The van der Waals surface area contributed by atoms with Crippen molar-refractivity contribution in [3.05, 3.63) is 28.2 Å². The lowest BCUT2D eigenvalue weighted by molar-refractivity contribution is -0.245. The van der Waals surface area contributed by atoms with E-state index in [2.05, 4.69) is 15.6 Å². The second-order valence-corrected chi connectivity index (χ2v) is 7.79. The maximum atomic E-state index is 12.5. The molecule has 0 saturated carbocycles. The molecule has 0 aromatic heterocycles. The van der Waals surface area contributed by atoms with Gasteiger partial charge in [0.25, 0.3) is 0 Å². The first kappa shape index (κ1) is 18.8. The number of guanidine groups is 1. The van der Waals surface area contributed by atoms with Crippen molar-refractivity contribution in [2.24, 2.45) is 4.99 Å². The quantitative estimate of drug-likeness (QED) is 0.359. The first-order chi connectivity index (χ1) is 11.1. The van der Waals surface area contributed by atoms with Crippen LogP contribution in [0.2, 0.25) is 10.0 Å². The summed E-state index contributed by atoms with van der Waals surface area (Å²) in [4.78, 5) is 4.56. The zero-order valence-corrected chi connectivity index (χ0v) is 15.5. The van der Waals surface area contributed by atoms with Gasteiger partial charge in [0.15, 0.2) is 6.19 Å². The van der Waals surface area contributed by atoms with Crippen LogP contribution < -0.4 is 10.6 Å². The lowest BCUT2D eigenvalue weighted by atomic mass is 9.95. The molecule has 24 heavy (non-hydrogen) atoms. The van der Waals surface area contributed by atoms with Gasteiger partial charge in [-0.2, -0.15) is 5.26 Å². The first-order valence-electron chi connectivity index (χ1n) is 7.50. The zero-order valence-electron chi connectivity index (χ0n) is 14.0. The second-order valence-electron chi connectivity index (χ2n) is 6.94. The lowest BCUT2D eigenvalue weighted by Gasteiger charge is -2.32. The van der Waals surface area contributed by atoms with Crippen LogP contribution in [0.4, 0.5) is 5.69 Å². The Bertz CT molecular complexity index is 696. The molecule has 2 N–H and O–H groups in total. The van der Waals surface area contributed by atoms with Crippen LogP contribution in [-0.4, -0.2) is 28.1 Å². The molecule has 1 radical (unpaired) electrons. The normalized spacial score (nSPS) is 22.9. The summed E-state index contributed by atoms with van der Waals surface area (Å²) >= 11 is 12.0. The third-order valence-corrected chi connectivity index (χ3v) is 4.77. The van der Waals surface area contributed by atoms with Crippen molar-refractivity contribution < 1.29 is 5.21 Å². The standard InChI is InChI=1S/C16H20Cl2N5O/c1-15(2)8-13(16(3,4)23(15)24)22-14(20-9-19)21-12-6-5-10(17)7-11(12)18/h5-7,13H,8H2,1-4H3,(H2,20,21,22). The van der Waals surface area contributed by atoms with Crippen LogP contribution in [-0.2, 0) is 5.21 Å². The van der Waals surface area contributed by atoms with E-state index in [1.54, 1.807) is 18.2 Å². The van der Waals surface area contributed by atoms with Crippen LogP contribution in [0.3, 0.4) is 0 Å². The molecule has 0 bridgehead atoms. The van der Waals surface area contributed by atoms with Crippen LogP contribution in [0.1, 0.15) is 34.1 Å². The Labute approximate surface area is 152 Å². The van der Waals surface area contributed by atoms with E-state index in [1.165, 1.54) is 0 Å². The van der Waals surface area contributed by atoms with Gasteiger partial charge in [0.1, 0.15) is 0 Å². The minimum Gasteiger partial charge on any atom is -0.324 e. The molecule has 6 nitrogen and oxygen atoms in total. The Morgan fingerprint density at radius 1 is 1.38 bits per heavy atom. The molecule has 1 aliphatic rings. The van der Waals surface area contributed by atoms with Crippen LogP contribution in [0.15, 0.2) is 23.2 Å². The summed E-state index contributed by atoms with van der Waals surface area (Å²) in [5.41, 5.74) is -0.637. The van der Waals surface area contributed by atoms with Crippen LogP contribution in [0.5, 0.6) is 0 Å². The Kier molecular flexibility index (Phi) is 5.31. The van der Waals surface area contributed by atoms with Gasteiger partial charge in [0.2, 0.25) is 5.96 Å². The first-order valence-corrected chi connectivity index (χ1v) is 8.26. The maximum Gasteiger partial charge on any atom is 0.209 e. The number of rotatable bonds is 2. The molecular weight excluding hydrogens is 349 g/mol. The number of nitrogens with zero attached hydrogens (tertiary/aromatic N) is 3. The number of nitriles is 1. The minimum atomic E-state index is -0.683. The van der Waals surface area contributed by atoms with Crippen molar-refractivity contribution in [1.82, 2.24) is 10.4 Å². The fourth-order valence-electron chi connectivity index (χ4n) is 2.95. The zero-order chi connectivity index (χ0) is 18.1. The molecular formula is C16H20Cl2N5O. The summed E-state index contributed by atoms with van der Waals surface area (Å²) < 4.78 is 0. The van der Waals surface area contributed by atoms with Crippen LogP contribution in [0.25, 0.3) is 0 Å². The Hall–Kier alpha value is -1.52. The van der Waals surface area contributed by atoms with Gasteiger partial charge in [0, 0.05) is 10.6 Å². The van der Waals surface area contributed by atoms with Gasteiger partial charge in [-0.05, 0) is 52.3 Å². The van der Waals surface area contributed by atoms with E-state index in [-0.39, 0.29) is 12.0 Å². The van der Waals surface area contributed by atoms with E-state index < -0.39 is 11.1 Å². The summed E-state index contributed by atoms with van der Waals surface area (Å²) in [5, 5.41) is 28.9. The second kappa shape index (κ2) is 6.77. The number of benzene rings is 1. The van der Waals surface area contributed by atoms with Gasteiger partial charge in [-0.25, -0.2) is 4.99 Å². The highest BCUT2D eigenvalue weighted by Crippen LogP contribution is 2.41. The predicted molar refractivity (Wildman–Crippen MR) is 95.4 cm³/mol. The molecule has 1 saturated heterocycles. The van der Waals surface area contributed by atoms with Crippen LogP contribution >= 0.6 is 23.2 Å². The largest absolute Gasteiger partial charge is 0.324 e. The lowest BCUT2D eigenvalue weighted by Crippen LogP contribution is -2.47. The SMILES string of the molecule is CC1(C)CC(N=C(NC#N)Nc2ccc(Cl)cc2Cl)C(C)(C)N1[O]. The molecule has 0 aliphatic carbocycles. The van der Waals surface area contributed by atoms with Gasteiger partial charge in [-0.15, -0.1) is 10.3 Å². The Morgan fingerprint density at radius 2 is 2.04 bits per heavy atom. The third-order valence-electron chi connectivity index (χ3n) is 4.23. The maximum absolute atomic E-state index is 12.5. The molecule has 1 aromatic rings. The molecule has 2 rings (SSSR count). The number of anilines is 1. The van der Waals surface area contributed by atoms with E-state index in [9.17, 15) is 5.21 Å². The van der Waals surface area contributed by atoms with Gasteiger partial charge in [-0.1, -0.05) is 23.2 Å². The van der Waals surface area contributed by atoms with Gasteiger partial charge >= 0.3 is 0 Å². The molecule has 8 heteroatoms. The third kappa shape index (κ3) is 3.76. The van der Waals surface area contributed by atoms with Crippen molar-refractivity contribution in [3.8, 4) is 6.19 Å². The molecule has 0 spiro atoms. The summed E-state index contributed by atoms with van der Waals surface area (Å²) in [6, 6.07) is 4.70. The van der Waals surface area contributed by atoms with Crippen molar-refractivity contribution in [3.63, 3.8) is 0 Å². The molecule has 1 unspecified atom stereocenters. The van der Waals surface area contributed by atoms with Crippen molar-refractivity contribution in [1.29, 1.82) is 5.26 Å². The summed E-state index contributed by atoms with van der Waals surface area (Å²) in [7, 11) is 0. The monoisotopic (exact) mass is 368 g/mol. The van der Waals surface area contributed by atoms with Gasteiger partial charge < -0.3 is 5.32 Å². The predicted octanol–water partition coefficient (Wildman–Crippen LogP) is 3.81. The number of hydrogen-bond acceptors (Lipinski definition) is 3. The van der Waals surface area contributed by atoms with Gasteiger partial charge in [-0.3, -0.25) is 5.32 Å². The summed E-state index contributed by atoms with van der Waals surface area (Å²) in [5.74, 6) is 0.242. The summed E-state index contributed by atoms with van der Waals surface area (Å²) in [6.07, 6.45) is 2.43. The molecule has 129 valence electrons. The number of aliphatic imine (C=N–C) groups is 1.